The molecule has 0 saturated heterocycles. The van der Waals surface area contributed by atoms with Gasteiger partial charge in [-0.15, -0.1) is 0 Å². The molecule has 3 nitrogen and oxygen atoms in total. The van der Waals surface area contributed by atoms with Crippen molar-refractivity contribution in [1.82, 2.24) is 0 Å². The summed E-state index contributed by atoms with van der Waals surface area (Å²) < 4.78 is 5.93. The average Bonchev–Trinajstić information content (AvgIpc) is 2.68. The minimum atomic E-state index is -0.740. The van der Waals surface area contributed by atoms with Crippen molar-refractivity contribution >= 4 is 16.7 Å². The summed E-state index contributed by atoms with van der Waals surface area (Å²) >= 11 is 0. The van der Waals surface area contributed by atoms with Crippen LogP contribution in [0.5, 0.6) is 5.75 Å². The minimum absolute atomic E-state index is 0.0228. The van der Waals surface area contributed by atoms with E-state index in [2.05, 4.69) is 12.1 Å². The van der Waals surface area contributed by atoms with E-state index in [0.29, 0.717) is 6.61 Å². The van der Waals surface area contributed by atoms with Crippen LogP contribution in [0.15, 0.2) is 36.4 Å². The Kier molecular flexibility index (Phi) is 3.35. The smallest absolute Gasteiger partial charge is 0.306 e. The van der Waals surface area contributed by atoms with Crippen LogP contribution in [0.2, 0.25) is 0 Å². The molecule has 104 valence electrons. The van der Waals surface area contributed by atoms with Crippen molar-refractivity contribution in [3.05, 3.63) is 42.0 Å². The van der Waals surface area contributed by atoms with Crippen molar-refractivity contribution in [2.75, 3.05) is 6.61 Å². The molecule has 1 aliphatic rings. The monoisotopic (exact) mass is 270 g/mol. The molecule has 0 saturated carbocycles. The largest absolute Gasteiger partial charge is 0.493 e. The van der Waals surface area contributed by atoms with Gasteiger partial charge in [-0.25, -0.2) is 0 Å². The highest BCUT2D eigenvalue weighted by Gasteiger charge is 2.29. The molecule has 0 aromatic heterocycles. The molecule has 1 N–H and O–H groups in total. The van der Waals surface area contributed by atoms with E-state index >= 15 is 0 Å². The van der Waals surface area contributed by atoms with E-state index in [1.807, 2.05) is 24.3 Å². The fraction of sp³-hybridized carbons (Fsp3) is 0.353. The molecule has 1 aliphatic heterocycles. The van der Waals surface area contributed by atoms with E-state index in [4.69, 9.17) is 4.74 Å². The van der Waals surface area contributed by atoms with Gasteiger partial charge < -0.3 is 9.84 Å². The predicted octanol–water partition coefficient (Wildman–Crippen LogP) is 3.82. The maximum absolute atomic E-state index is 11.3. The van der Waals surface area contributed by atoms with Crippen molar-refractivity contribution in [2.24, 2.45) is 5.92 Å². The van der Waals surface area contributed by atoms with Crippen molar-refractivity contribution < 1.29 is 14.6 Å². The number of carboxylic acid groups (broad SMARTS) is 1. The Labute approximate surface area is 118 Å². The Hall–Kier alpha value is -2.03. The SMILES string of the molecule is CC(C(=O)O)C1CCCOc2c1ccc1ccccc21. The van der Waals surface area contributed by atoms with Crippen LogP contribution in [0, 0.1) is 5.92 Å². The Balaban J connectivity index is 2.17. The van der Waals surface area contributed by atoms with Gasteiger partial charge in [0.05, 0.1) is 12.5 Å². The second-order valence-electron chi connectivity index (χ2n) is 5.43. The number of fused-ring (bicyclic) bond motifs is 3. The minimum Gasteiger partial charge on any atom is -0.493 e. The number of rotatable bonds is 2. The highest BCUT2D eigenvalue weighted by atomic mass is 16.5. The topological polar surface area (TPSA) is 46.5 Å². The average molecular weight is 270 g/mol. The van der Waals surface area contributed by atoms with Gasteiger partial charge in [-0.2, -0.15) is 0 Å². The second-order valence-corrected chi connectivity index (χ2v) is 5.43. The number of carbonyl (C=O) groups is 1. The standard InChI is InChI=1S/C17H18O3/c1-11(17(18)19)13-7-4-10-20-16-14-6-3-2-5-12(14)8-9-15(13)16/h2-3,5-6,8-9,11,13H,4,7,10H2,1H3,(H,18,19). The van der Waals surface area contributed by atoms with E-state index in [0.717, 1.165) is 34.9 Å². The zero-order chi connectivity index (χ0) is 14.1. The van der Waals surface area contributed by atoms with Crippen LogP contribution in [-0.2, 0) is 4.79 Å². The van der Waals surface area contributed by atoms with E-state index < -0.39 is 11.9 Å². The van der Waals surface area contributed by atoms with Gasteiger partial charge in [0, 0.05) is 11.3 Å². The van der Waals surface area contributed by atoms with E-state index in [9.17, 15) is 9.90 Å². The normalized spacial score (nSPS) is 19.8. The van der Waals surface area contributed by atoms with Crippen LogP contribution in [-0.4, -0.2) is 17.7 Å². The van der Waals surface area contributed by atoms with Gasteiger partial charge in [-0.05, 0) is 23.8 Å². The van der Waals surface area contributed by atoms with E-state index in [-0.39, 0.29) is 5.92 Å². The molecule has 0 fully saturated rings. The lowest BCUT2D eigenvalue weighted by Gasteiger charge is -2.21. The molecule has 0 spiro atoms. The van der Waals surface area contributed by atoms with Crippen LogP contribution in [0.3, 0.4) is 0 Å². The van der Waals surface area contributed by atoms with Crippen molar-refractivity contribution in [2.45, 2.75) is 25.7 Å². The molecule has 2 aromatic carbocycles. The molecule has 0 aliphatic carbocycles. The summed E-state index contributed by atoms with van der Waals surface area (Å²) in [5.74, 6) is -0.235. The van der Waals surface area contributed by atoms with Gasteiger partial charge in [0.15, 0.2) is 0 Å². The van der Waals surface area contributed by atoms with Gasteiger partial charge in [0.2, 0.25) is 0 Å². The number of hydrogen-bond acceptors (Lipinski definition) is 2. The summed E-state index contributed by atoms with van der Waals surface area (Å²) in [7, 11) is 0. The first-order valence-corrected chi connectivity index (χ1v) is 7.05. The van der Waals surface area contributed by atoms with Crippen LogP contribution >= 0.6 is 0 Å². The summed E-state index contributed by atoms with van der Waals surface area (Å²) in [5, 5.41) is 11.5. The van der Waals surface area contributed by atoms with Crippen LogP contribution in [0.1, 0.15) is 31.2 Å². The Morgan fingerprint density at radius 1 is 1.30 bits per heavy atom. The molecule has 1 heterocycles. The van der Waals surface area contributed by atoms with Crippen LogP contribution in [0.4, 0.5) is 0 Å². The highest BCUT2D eigenvalue weighted by Crippen LogP contribution is 2.41. The Morgan fingerprint density at radius 2 is 2.10 bits per heavy atom. The summed E-state index contributed by atoms with van der Waals surface area (Å²) in [5.41, 5.74) is 1.04. The third-order valence-electron chi connectivity index (χ3n) is 4.21. The fourth-order valence-electron chi connectivity index (χ4n) is 3.04. The lowest BCUT2D eigenvalue weighted by molar-refractivity contribution is -0.141. The zero-order valence-corrected chi connectivity index (χ0v) is 11.5. The summed E-state index contributed by atoms with van der Waals surface area (Å²) in [4.78, 5) is 11.3. The molecule has 3 rings (SSSR count). The number of aliphatic carboxylic acids is 1. The molecule has 2 aromatic rings. The summed E-state index contributed by atoms with van der Waals surface area (Å²) in [6, 6.07) is 12.2. The molecule has 3 heteroatoms. The van der Waals surface area contributed by atoms with Gasteiger partial charge >= 0.3 is 5.97 Å². The molecular weight excluding hydrogens is 252 g/mol. The first kappa shape index (κ1) is 13.0. The fourth-order valence-corrected chi connectivity index (χ4v) is 3.04. The van der Waals surface area contributed by atoms with Crippen molar-refractivity contribution in [3.8, 4) is 5.75 Å². The van der Waals surface area contributed by atoms with Gasteiger partial charge in [-0.1, -0.05) is 43.3 Å². The van der Waals surface area contributed by atoms with Gasteiger partial charge in [-0.3, -0.25) is 4.79 Å². The molecular formula is C17H18O3. The first-order chi connectivity index (χ1) is 9.68. The van der Waals surface area contributed by atoms with Gasteiger partial charge in [0.1, 0.15) is 5.75 Å². The molecule has 0 radical (unpaired) electrons. The molecule has 0 bridgehead atoms. The number of benzene rings is 2. The molecule has 0 amide bonds. The predicted molar refractivity (Wildman–Crippen MR) is 78.2 cm³/mol. The molecule has 2 atom stereocenters. The Morgan fingerprint density at radius 3 is 2.90 bits per heavy atom. The van der Waals surface area contributed by atoms with Crippen LogP contribution in [0.25, 0.3) is 10.8 Å². The maximum Gasteiger partial charge on any atom is 0.306 e. The van der Waals surface area contributed by atoms with Crippen molar-refractivity contribution in [1.29, 1.82) is 0 Å². The maximum atomic E-state index is 11.3. The summed E-state index contributed by atoms with van der Waals surface area (Å²) in [6.07, 6.45) is 1.75. The number of ether oxygens (including phenoxy) is 1. The lowest BCUT2D eigenvalue weighted by Crippen LogP contribution is -2.18. The lowest BCUT2D eigenvalue weighted by atomic mass is 9.83. The number of hydrogen-bond donors (Lipinski definition) is 1. The second kappa shape index (κ2) is 5.16. The zero-order valence-electron chi connectivity index (χ0n) is 11.5. The van der Waals surface area contributed by atoms with E-state index in [1.54, 1.807) is 6.92 Å². The first-order valence-electron chi connectivity index (χ1n) is 7.05. The van der Waals surface area contributed by atoms with Gasteiger partial charge in [0.25, 0.3) is 0 Å². The Bertz CT molecular complexity index is 648. The van der Waals surface area contributed by atoms with Crippen molar-refractivity contribution in [3.63, 3.8) is 0 Å². The summed E-state index contributed by atoms with van der Waals surface area (Å²) in [6.45, 7) is 2.45. The van der Waals surface area contributed by atoms with Crippen LogP contribution < -0.4 is 4.74 Å². The third kappa shape index (κ3) is 2.13. The highest BCUT2D eigenvalue weighted by molar-refractivity contribution is 5.90. The quantitative estimate of drug-likeness (QED) is 0.902. The molecule has 2 unspecified atom stereocenters. The molecule has 20 heavy (non-hydrogen) atoms. The third-order valence-corrected chi connectivity index (χ3v) is 4.21. The number of carboxylic acids is 1. The van der Waals surface area contributed by atoms with E-state index in [1.165, 1.54) is 0 Å².